The number of hydrogen-bond acceptors (Lipinski definition) is 4. The fraction of sp³-hybridized carbons (Fsp3) is 0.182. The average Bonchev–Trinajstić information content (AvgIpc) is 2.27. The SMILES string of the molecule is C=CCN(CC(=O)O)c1ccc(S(N)(=O)=O)cc1. The van der Waals surface area contributed by atoms with Crippen molar-refractivity contribution in [3.63, 3.8) is 0 Å². The van der Waals surface area contributed by atoms with E-state index < -0.39 is 16.0 Å². The monoisotopic (exact) mass is 270 g/mol. The minimum absolute atomic E-state index is 0.0138. The quantitative estimate of drug-likeness (QED) is 0.729. The summed E-state index contributed by atoms with van der Waals surface area (Å²) in [4.78, 5) is 12.2. The van der Waals surface area contributed by atoms with Crippen LogP contribution >= 0.6 is 0 Å². The second-order valence-electron chi connectivity index (χ2n) is 3.60. The van der Waals surface area contributed by atoms with Gasteiger partial charge in [-0.15, -0.1) is 6.58 Å². The first-order chi connectivity index (χ1) is 8.34. The number of carbonyl (C=O) groups is 1. The lowest BCUT2D eigenvalue weighted by Crippen LogP contribution is -2.29. The molecular formula is C11H14N2O4S. The first kappa shape index (κ1) is 14.2. The molecular weight excluding hydrogens is 256 g/mol. The van der Waals surface area contributed by atoms with Crippen molar-refractivity contribution < 1.29 is 18.3 Å². The number of carboxylic acid groups (broad SMARTS) is 1. The Bertz CT molecular complexity index is 537. The van der Waals surface area contributed by atoms with Crippen molar-refractivity contribution >= 4 is 21.7 Å². The normalized spacial score (nSPS) is 10.9. The van der Waals surface area contributed by atoms with Crippen molar-refractivity contribution in [3.8, 4) is 0 Å². The van der Waals surface area contributed by atoms with Gasteiger partial charge in [-0.05, 0) is 24.3 Å². The Morgan fingerprint density at radius 3 is 2.33 bits per heavy atom. The van der Waals surface area contributed by atoms with Gasteiger partial charge in [-0.3, -0.25) is 4.79 Å². The molecule has 7 heteroatoms. The third kappa shape index (κ3) is 3.86. The van der Waals surface area contributed by atoms with Gasteiger partial charge in [0.1, 0.15) is 6.54 Å². The van der Waals surface area contributed by atoms with Crippen LogP contribution in [0.25, 0.3) is 0 Å². The number of carboxylic acids is 1. The Labute approximate surface area is 105 Å². The molecule has 0 atom stereocenters. The van der Waals surface area contributed by atoms with E-state index in [9.17, 15) is 13.2 Å². The molecule has 0 saturated carbocycles. The molecule has 6 nitrogen and oxygen atoms in total. The number of benzene rings is 1. The zero-order valence-electron chi connectivity index (χ0n) is 9.61. The van der Waals surface area contributed by atoms with E-state index in [-0.39, 0.29) is 11.4 Å². The van der Waals surface area contributed by atoms with E-state index in [1.807, 2.05) is 0 Å². The molecule has 0 heterocycles. The van der Waals surface area contributed by atoms with Gasteiger partial charge in [0, 0.05) is 12.2 Å². The average molecular weight is 270 g/mol. The van der Waals surface area contributed by atoms with Gasteiger partial charge in [-0.1, -0.05) is 6.08 Å². The molecule has 3 N–H and O–H groups in total. The van der Waals surface area contributed by atoms with Gasteiger partial charge in [0.25, 0.3) is 0 Å². The second kappa shape index (κ2) is 5.65. The summed E-state index contributed by atoms with van der Waals surface area (Å²) in [5.74, 6) is -0.979. The summed E-state index contributed by atoms with van der Waals surface area (Å²) in [5, 5.41) is 13.7. The molecule has 0 amide bonds. The van der Waals surface area contributed by atoms with Crippen molar-refractivity contribution in [3.05, 3.63) is 36.9 Å². The highest BCUT2D eigenvalue weighted by atomic mass is 32.2. The zero-order valence-corrected chi connectivity index (χ0v) is 10.4. The van der Waals surface area contributed by atoms with Crippen molar-refractivity contribution in [2.75, 3.05) is 18.0 Å². The van der Waals surface area contributed by atoms with E-state index in [2.05, 4.69) is 6.58 Å². The highest BCUT2D eigenvalue weighted by Crippen LogP contribution is 2.17. The summed E-state index contributed by atoms with van der Waals surface area (Å²) in [5.41, 5.74) is 0.588. The predicted molar refractivity (Wildman–Crippen MR) is 67.9 cm³/mol. The standard InChI is InChI=1S/C11H14N2O4S/c1-2-7-13(8-11(14)15)9-3-5-10(6-4-9)18(12,16)17/h2-6H,1,7-8H2,(H,14,15)(H2,12,16,17). The van der Waals surface area contributed by atoms with Gasteiger partial charge in [0.15, 0.2) is 0 Å². The molecule has 0 unspecified atom stereocenters. The van der Waals surface area contributed by atoms with Gasteiger partial charge in [-0.25, -0.2) is 13.6 Å². The van der Waals surface area contributed by atoms with E-state index in [1.54, 1.807) is 11.0 Å². The Kier molecular flexibility index (Phi) is 4.46. The van der Waals surface area contributed by atoms with Gasteiger partial charge < -0.3 is 10.0 Å². The van der Waals surface area contributed by atoms with Crippen molar-refractivity contribution in [1.29, 1.82) is 0 Å². The summed E-state index contributed by atoms with van der Waals surface area (Å²) in [7, 11) is -3.74. The van der Waals surface area contributed by atoms with E-state index in [1.165, 1.54) is 24.3 Å². The number of anilines is 1. The summed E-state index contributed by atoms with van der Waals surface area (Å²) in [6.07, 6.45) is 1.57. The fourth-order valence-corrected chi connectivity index (χ4v) is 1.94. The third-order valence-electron chi connectivity index (χ3n) is 2.21. The molecule has 18 heavy (non-hydrogen) atoms. The molecule has 0 bridgehead atoms. The van der Waals surface area contributed by atoms with Gasteiger partial charge in [-0.2, -0.15) is 0 Å². The lowest BCUT2D eigenvalue weighted by atomic mass is 10.3. The minimum atomic E-state index is -3.74. The maximum Gasteiger partial charge on any atom is 0.323 e. The fourth-order valence-electron chi connectivity index (χ4n) is 1.43. The van der Waals surface area contributed by atoms with Crippen LogP contribution in [0.4, 0.5) is 5.69 Å². The van der Waals surface area contributed by atoms with Crippen LogP contribution in [0.15, 0.2) is 41.8 Å². The summed E-state index contributed by atoms with van der Waals surface area (Å²) in [6.45, 7) is 3.69. The molecule has 0 saturated heterocycles. The van der Waals surface area contributed by atoms with E-state index in [0.717, 1.165) is 0 Å². The van der Waals surface area contributed by atoms with Crippen LogP contribution in [0.3, 0.4) is 0 Å². The number of rotatable bonds is 6. The minimum Gasteiger partial charge on any atom is -0.480 e. The molecule has 0 aromatic heterocycles. The van der Waals surface area contributed by atoms with Crippen molar-refractivity contribution in [2.45, 2.75) is 4.90 Å². The summed E-state index contributed by atoms with van der Waals surface area (Å²) >= 11 is 0. The largest absolute Gasteiger partial charge is 0.480 e. The number of nitrogens with zero attached hydrogens (tertiary/aromatic N) is 1. The number of aliphatic carboxylic acids is 1. The number of hydrogen-bond donors (Lipinski definition) is 2. The molecule has 1 aromatic rings. The molecule has 0 fully saturated rings. The lowest BCUT2D eigenvalue weighted by Gasteiger charge is -2.21. The Morgan fingerprint density at radius 2 is 1.94 bits per heavy atom. The van der Waals surface area contributed by atoms with Crippen LogP contribution in [-0.2, 0) is 14.8 Å². The molecule has 0 aliphatic heterocycles. The highest BCUT2D eigenvalue weighted by molar-refractivity contribution is 7.89. The topological polar surface area (TPSA) is 101 Å². The predicted octanol–water partition coefficient (Wildman–Crippen LogP) is 0.411. The molecule has 0 spiro atoms. The second-order valence-corrected chi connectivity index (χ2v) is 5.16. The van der Waals surface area contributed by atoms with Gasteiger partial charge in [0.2, 0.25) is 10.0 Å². The number of sulfonamides is 1. The van der Waals surface area contributed by atoms with E-state index >= 15 is 0 Å². The maximum atomic E-state index is 11.1. The van der Waals surface area contributed by atoms with E-state index in [4.69, 9.17) is 10.2 Å². The van der Waals surface area contributed by atoms with Crippen LogP contribution in [0.2, 0.25) is 0 Å². The van der Waals surface area contributed by atoms with Crippen LogP contribution in [0.5, 0.6) is 0 Å². The Morgan fingerprint density at radius 1 is 1.39 bits per heavy atom. The van der Waals surface area contributed by atoms with E-state index in [0.29, 0.717) is 12.2 Å². The molecule has 0 aliphatic rings. The van der Waals surface area contributed by atoms with Gasteiger partial charge in [0.05, 0.1) is 4.90 Å². The first-order valence-electron chi connectivity index (χ1n) is 5.05. The first-order valence-corrected chi connectivity index (χ1v) is 6.59. The smallest absolute Gasteiger partial charge is 0.323 e. The number of nitrogens with two attached hydrogens (primary N) is 1. The summed E-state index contributed by atoms with van der Waals surface area (Å²) < 4.78 is 22.1. The zero-order chi connectivity index (χ0) is 13.8. The lowest BCUT2D eigenvalue weighted by molar-refractivity contribution is -0.135. The number of primary sulfonamides is 1. The third-order valence-corrected chi connectivity index (χ3v) is 3.14. The molecule has 0 aliphatic carbocycles. The maximum absolute atomic E-state index is 11.1. The summed E-state index contributed by atoms with van der Waals surface area (Å²) in [6, 6.07) is 5.68. The molecule has 1 aromatic carbocycles. The Hall–Kier alpha value is -1.86. The van der Waals surface area contributed by atoms with Crippen LogP contribution in [0, 0.1) is 0 Å². The molecule has 98 valence electrons. The Balaban J connectivity index is 3.00. The molecule has 0 radical (unpaired) electrons. The van der Waals surface area contributed by atoms with Crippen LogP contribution in [0.1, 0.15) is 0 Å². The van der Waals surface area contributed by atoms with Crippen LogP contribution in [-0.4, -0.2) is 32.6 Å². The van der Waals surface area contributed by atoms with Gasteiger partial charge >= 0.3 is 5.97 Å². The van der Waals surface area contributed by atoms with Crippen molar-refractivity contribution in [1.82, 2.24) is 0 Å². The molecule has 1 rings (SSSR count). The van der Waals surface area contributed by atoms with Crippen LogP contribution < -0.4 is 10.0 Å². The highest BCUT2D eigenvalue weighted by Gasteiger charge is 2.11. The van der Waals surface area contributed by atoms with Crippen molar-refractivity contribution in [2.24, 2.45) is 5.14 Å².